The molecule has 4 aromatic rings. The van der Waals surface area contributed by atoms with Crippen LogP contribution in [0.15, 0.2) is 79.0 Å². The molecule has 9 nitrogen and oxygen atoms in total. The molecule has 0 bridgehead atoms. The second kappa shape index (κ2) is 10.0. The zero-order valence-electron chi connectivity index (χ0n) is 22.6. The van der Waals surface area contributed by atoms with E-state index in [-0.39, 0.29) is 6.42 Å². The first-order chi connectivity index (χ1) is 19.7. The number of nitrogens with zero attached hydrogens (tertiary/aromatic N) is 1. The van der Waals surface area contributed by atoms with Gasteiger partial charge in [-0.25, -0.2) is 4.90 Å². The summed E-state index contributed by atoms with van der Waals surface area (Å²) in [6.07, 6.45) is 2.54. The number of H-pyrrole nitrogens is 1. The molecule has 6 rings (SSSR count). The maximum Gasteiger partial charge on any atom is 0.325 e. The Bertz CT molecular complexity index is 1680. The minimum absolute atomic E-state index is 0.0167. The van der Waals surface area contributed by atoms with E-state index >= 15 is 0 Å². The van der Waals surface area contributed by atoms with Gasteiger partial charge in [0, 0.05) is 36.5 Å². The highest BCUT2D eigenvalue weighted by Gasteiger charge is 2.68. The van der Waals surface area contributed by atoms with Gasteiger partial charge in [0.15, 0.2) is 0 Å². The normalized spacial score (nSPS) is 23.7. The maximum absolute atomic E-state index is 14.2. The number of imide groups is 1. The molecule has 208 valence electrons. The largest absolute Gasteiger partial charge is 0.480 e. The smallest absolute Gasteiger partial charge is 0.325 e. The summed E-state index contributed by atoms with van der Waals surface area (Å²) in [7, 11) is 0. The summed E-state index contributed by atoms with van der Waals surface area (Å²) in [5.41, 5.74) is 1.90. The van der Waals surface area contributed by atoms with Crippen LogP contribution in [0.3, 0.4) is 0 Å². The van der Waals surface area contributed by atoms with Gasteiger partial charge in [0.25, 0.3) is 0 Å². The van der Waals surface area contributed by atoms with Crippen molar-refractivity contribution in [2.75, 3.05) is 4.90 Å². The van der Waals surface area contributed by atoms with Crippen molar-refractivity contribution < 1.29 is 29.0 Å². The van der Waals surface area contributed by atoms with Crippen molar-refractivity contribution in [1.29, 1.82) is 0 Å². The average Bonchev–Trinajstić information content (AvgIpc) is 3.61. The molecule has 4 unspecified atom stereocenters. The third-order valence-corrected chi connectivity index (χ3v) is 8.28. The van der Waals surface area contributed by atoms with Crippen molar-refractivity contribution in [3.05, 3.63) is 95.7 Å². The van der Waals surface area contributed by atoms with Crippen LogP contribution in [-0.4, -0.2) is 39.4 Å². The van der Waals surface area contributed by atoms with Crippen LogP contribution in [0.4, 0.5) is 5.69 Å². The summed E-state index contributed by atoms with van der Waals surface area (Å²) >= 11 is 0. The fraction of sp³-hybridized carbons (Fsp3) is 0.250. The summed E-state index contributed by atoms with van der Waals surface area (Å²) in [4.78, 5) is 57.2. The summed E-state index contributed by atoms with van der Waals surface area (Å²) in [5.74, 6) is -4.47. The second-order valence-corrected chi connectivity index (χ2v) is 10.6. The number of para-hydroxylation sites is 1. The van der Waals surface area contributed by atoms with Crippen molar-refractivity contribution in [3.63, 3.8) is 0 Å². The number of ether oxygens (including phenoxy) is 1. The molecule has 2 aliphatic heterocycles. The predicted octanol–water partition coefficient (Wildman–Crippen LogP) is 4.17. The Morgan fingerprint density at radius 1 is 0.976 bits per heavy atom. The standard InChI is InChI=1S/C32H29N3O6/c1-3-19-8-12-22(13-9-19)35-29(37)26-27(30(35)38)32(31(39)40,16-21-17-33-25-7-5-4-6-24(21)25)34-28(26)20-10-14-23(15-11-20)41-18(2)36/h4-15,17,26-28,33-34H,3,16H2,1-2H3,(H,39,40). The molecule has 9 heteroatoms. The van der Waals surface area contributed by atoms with Gasteiger partial charge >= 0.3 is 11.9 Å². The number of benzene rings is 3. The minimum atomic E-state index is -1.76. The van der Waals surface area contributed by atoms with Crippen molar-refractivity contribution in [2.45, 2.75) is 38.3 Å². The number of anilines is 1. The number of carboxylic acids is 1. The number of carboxylic acid groups (broad SMARTS) is 1. The van der Waals surface area contributed by atoms with E-state index in [9.17, 15) is 24.3 Å². The Morgan fingerprint density at radius 3 is 2.34 bits per heavy atom. The average molecular weight is 552 g/mol. The number of amides is 2. The lowest BCUT2D eigenvalue weighted by atomic mass is 9.76. The predicted molar refractivity (Wildman–Crippen MR) is 151 cm³/mol. The van der Waals surface area contributed by atoms with Crippen LogP contribution in [0.1, 0.15) is 36.6 Å². The zero-order chi connectivity index (χ0) is 28.9. The van der Waals surface area contributed by atoms with Gasteiger partial charge in [-0.3, -0.25) is 24.5 Å². The van der Waals surface area contributed by atoms with E-state index in [1.54, 1.807) is 42.6 Å². The van der Waals surface area contributed by atoms with Gasteiger partial charge in [0.1, 0.15) is 11.3 Å². The van der Waals surface area contributed by atoms with E-state index in [1.165, 1.54) is 6.92 Å². The van der Waals surface area contributed by atoms with E-state index in [0.717, 1.165) is 33.4 Å². The van der Waals surface area contributed by atoms with E-state index in [4.69, 9.17) is 4.74 Å². The molecule has 2 amide bonds. The SMILES string of the molecule is CCc1ccc(N2C(=O)C3C(c4ccc(OC(C)=O)cc4)NC(Cc4c[nH]c5ccccc45)(C(=O)O)C3C2=O)cc1. The minimum Gasteiger partial charge on any atom is -0.480 e. The Labute approximate surface area is 236 Å². The number of rotatable bonds is 7. The summed E-state index contributed by atoms with van der Waals surface area (Å²) in [5, 5.41) is 14.9. The highest BCUT2D eigenvalue weighted by atomic mass is 16.5. The zero-order valence-corrected chi connectivity index (χ0v) is 22.6. The van der Waals surface area contributed by atoms with Crippen LogP contribution in [0, 0.1) is 11.8 Å². The van der Waals surface area contributed by atoms with Gasteiger partial charge in [-0.05, 0) is 53.4 Å². The quantitative estimate of drug-likeness (QED) is 0.179. The van der Waals surface area contributed by atoms with Crippen LogP contribution in [0.25, 0.3) is 10.9 Å². The third-order valence-electron chi connectivity index (χ3n) is 8.28. The maximum atomic E-state index is 14.2. The Balaban J connectivity index is 1.47. The number of carbonyl (C=O) groups excluding carboxylic acids is 3. The number of hydrogen-bond acceptors (Lipinski definition) is 6. The van der Waals surface area contributed by atoms with Gasteiger partial charge in [-0.2, -0.15) is 0 Å². The van der Waals surface area contributed by atoms with E-state index in [2.05, 4.69) is 10.3 Å². The lowest BCUT2D eigenvalue weighted by molar-refractivity contribution is -0.148. The number of aryl methyl sites for hydroxylation is 1. The number of carbonyl (C=O) groups is 4. The highest BCUT2D eigenvalue weighted by Crippen LogP contribution is 2.51. The Morgan fingerprint density at radius 2 is 1.68 bits per heavy atom. The number of fused-ring (bicyclic) bond motifs is 2. The molecule has 0 radical (unpaired) electrons. The van der Waals surface area contributed by atoms with Gasteiger partial charge in [0.05, 0.1) is 17.5 Å². The number of aliphatic carboxylic acids is 1. The fourth-order valence-corrected chi connectivity index (χ4v) is 6.35. The van der Waals surface area contributed by atoms with E-state index < -0.39 is 47.2 Å². The highest BCUT2D eigenvalue weighted by molar-refractivity contribution is 6.24. The summed E-state index contributed by atoms with van der Waals surface area (Å²) < 4.78 is 5.15. The van der Waals surface area contributed by atoms with Crippen molar-refractivity contribution in [3.8, 4) is 5.75 Å². The molecule has 4 atom stereocenters. The molecule has 3 aromatic carbocycles. The molecule has 3 N–H and O–H groups in total. The molecule has 2 fully saturated rings. The Kier molecular flexibility index (Phi) is 6.46. The monoisotopic (exact) mass is 551 g/mol. The molecule has 3 heterocycles. The third kappa shape index (κ3) is 4.29. The second-order valence-electron chi connectivity index (χ2n) is 10.6. The lowest BCUT2D eigenvalue weighted by Crippen LogP contribution is -2.57. The fourth-order valence-electron chi connectivity index (χ4n) is 6.35. The summed E-state index contributed by atoms with van der Waals surface area (Å²) in [6.45, 7) is 3.31. The van der Waals surface area contributed by atoms with Gasteiger partial charge in [-0.1, -0.05) is 49.4 Å². The molecule has 2 saturated heterocycles. The van der Waals surface area contributed by atoms with Crippen molar-refractivity contribution >= 4 is 40.3 Å². The number of aromatic amines is 1. The molecule has 2 aliphatic rings. The molecular weight excluding hydrogens is 522 g/mol. The van der Waals surface area contributed by atoms with E-state index in [0.29, 0.717) is 17.0 Å². The lowest BCUT2D eigenvalue weighted by Gasteiger charge is -2.31. The first kappa shape index (κ1) is 26.5. The Hall–Kier alpha value is -4.76. The summed E-state index contributed by atoms with van der Waals surface area (Å²) in [6, 6.07) is 20.5. The van der Waals surface area contributed by atoms with Gasteiger partial charge < -0.3 is 14.8 Å². The first-order valence-corrected chi connectivity index (χ1v) is 13.5. The van der Waals surface area contributed by atoms with Crippen molar-refractivity contribution in [1.82, 2.24) is 10.3 Å². The molecular formula is C32H29N3O6. The number of aromatic nitrogens is 1. The molecule has 41 heavy (non-hydrogen) atoms. The molecule has 0 aliphatic carbocycles. The van der Waals surface area contributed by atoms with Gasteiger partial charge in [0.2, 0.25) is 11.8 Å². The van der Waals surface area contributed by atoms with Crippen LogP contribution in [-0.2, 0) is 32.0 Å². The number of esters is 1. The van der Waals surface area contributed by atoms with Crippen LogP contribution >= 0.6 is 0 Å². The topological polar surface area (TPSA) is 129 Å². The molecule has 0 saturated carbocycles. The van der Waals surface area contributed by atoms with Crippen molar-refractivity contribution in [2.24, 2.45) is 11.8 Å². The first-order valence-electron chi connectivity index (χ1n) is 13.5. The van der Waals surface area contributed by atoms with Gasteiger partial charge in [-0.15, -0.1) is 0 Å². The van der Waals surface area contributed by atoms with Crippen LogP contribution in [0.5, 0.6) is 5.75 Å². The molecule has 0 spiro atoms. The number of hydrogen-bond donors (Lipinski definition) is 3. The molecule has 1 aromatic heterocycles. The number of nitrogens with one attached hydrogen (secondary N) is 2. The van der Waals surface area contributed by atoms with E-state index in [1.807, 2.05) is 43.3 Å². The van der Waals surface area contributed by atoms with Crippen LogP contribution < -0.4 is 15.0 Å². The van der Waals surface area contributed by atoms with Crippen LogP contribution in [0.2, 0.25) is 0 Å².